The van der Waals surface area contributed by atoms with Gasteiger partial charge in [-0.2, -0.15) is 0 Å². The smallest absolute Gasteiger partial charge is 0.0409 e. The molecule has 0 radical (unpaired) electrons. The molecule has 0 heterocycles. The van der Waals surface area contributed by atoms with Crippen LogP contribution in [0.15, 0.2) is 24.3 Å². The van der Waals surface area contributed by atoms with Gasteiger partial charge in [0.05, 0.1) is 0 Å². The first-order valence-electron chi connectivity index (χ1n) is 7.07. The summed E-state index contributed by atoms with van der Waals surface area (Å²) in [6, 6.07) is 8.45. The Labute approximate surface area is 122 Å². The highest BCUT2D eigenvalue weighted by atomic mass is 35.5. The van der Waals surface area contributed by atoms with Crippen molar-refractivity contribution < 1.29 is 0 Å². The highest BCUT2D eigenvalue weighted by Crippen LogP contribution is 2.28. The van der Waals surface area contributed by atoms with Gasteiger partial charge in [0.15, 0.2) is 0 Å². The minimum atomic E-state index is 0.191. The quantitative estimate of drug-likeness (QED) is 0.816. The molecule has 108 valence electrons. The van der Waals surface area contributed by atoms with Crippen molar-refractivity contribution in [2.24, 2.45) is 11.1 Å². The van der Waals surface area contributed by atoms with Crippen LogP contribution >= 0.6 is 11.6 Å². The lowest BCUT2D eigenvalue weighted by molar-refractivity contribution is 0.151. The minimum absolute atomic E-state index is 0.191. The van der Waals surface area contributed by atoms with Crippen molar-refractivity contribution in [3.05, 3.63) is 34.9 Å². The monoisotopic (exact) mass is 282 g/mol. The summed E-state index contributed by atoms with van der Waals surface area (Å²) >= 11 is 6.07. The summed E-state index contributed by atoms with van der Waals surface area (Å²) in [7, 11) is 2.16. The SMILES string of the molecule is CCCC(C)(CN)CN(C)C(C)c1cccc(Cl)c1. The van der Waals surface area contributed by atoms with Crippen molar-refractivity contribution >= 4 is 11.6 Å². The van der Waals surface area contributed by atoms with Gasteiger partial charge in [-0.05, 0) is 50.0 Å². The Morgan fingerprint density at radius 2 is 2.11 bits per heavy atom. The molecule has 3 heteroatoms. The predicted octanol–water partition coefficient (Wildman–Crippen LogP) is 4.10. The first-order valence-corrected chi connectivity index (χ1v) is 7.45. The maximum Gasteiger partial charge on any atom is 0.0409 e. The minimum Gasteiger partial charge on any atom is -0.330 e. The number of hydrogen-bond donors (Lipinski definition) is 1. The van der Waals surface area contributed by atoms with Crippen LogP contribution in [0.3, 0.4) is 0 Å². The normalized spacial score (nSPS) is 16.4. The molecular weight excluding hydrogens is 256 g/mol. The zero-order valence-corrected chi connectivity index (χ0v) is 13.4. The highest BCUT2D eigenvalue weighted by molar-refractivity contribution is 6.30. The fourth-order valence-corrected chi connectivity index (χ4v) is 2.81. The zero-order valence-electron chi connectivity index (χ0n) is 12.6. The van der Waals surface area contributed by atoms with Crippen molar-refractivity contribution in [1.82, 2.24) is 4.90 Å². The second-order valence-electron chi connectivity index (χ2n) is 5.91. The first kappa shape index (κ1) is 16.5. The Morgan fingerprint density at radius 3 is 2.63 bits per heavy atom. The Kier molecular flexibility index (Phi) is 6.31. The topological polar surface area (TPSA) is 29.3 Å². The maximum atomic E-state index is 6.07. The summed E-state index contributed by atoms with van der Waals surface area (Å²) in [5, 5.41) is 0.799. The van der Waals surface area contributed by atoms with Gasteiger partial charge in [-0.3, -0.25) is 4.90 Å². The molecule has 0 aliphatic rings. The molecule has 0 aromatic heterocycles. The fraction of sp³-hybridized carbons (Fsp3) is 0.625. The molecular formula is C16H27ClN2. The van der Waals surface area contributed by atoms with Gasteiger partial charge in [-0.25, -0.2) is 0 Å². The van der Waals surface area contributed by atoms with Crippen molar-refractivity contribution in [2.45, 2.75) is 39.7 Å². The van der Waals surface area contributed by atoms with Gasteiger partial charge in [0.1, 0.15) is 0 Å². The number of rotatable bonds is 7. The number of benzene rings is 1. The van der Waals surface area contributed by atoms with Crippen molar-refractivity contribution in [3.63, 3.8) is 0 Å². The molecule has 2 unspecified atom stereocenters. The second kappa shape index (κ2) is 7.28. The standard InChI is InChI=1S/C16H27ClN2/c1-5-9-16(3,11-18)12-19(4)13(2)14-7-6-8-15(17)10-14/h6-8,10,13H,5,9,11-12,18H2,1-4H3. The molecule has 0 aliphatic carbocycles. The summed E-state index contributed by atoms with van der Waals surface area (Å²) in [5.74, 6) is 0. The van der Waals surface area contributed by atoms with Crippen LogP contribution in [0.25, 0.3) is 0 Å². The molecule has 0 fully saturated rings. The molecule has 0 saturated heterocycles. The Bertz CT molecular complexity index is 394. The van der Waals surface area contributed by atoms with E-state index >= 15 is 0 Å². The predicted molar refractivity (Wildman–Crippen MR) is 84.6 cm³/mol. The van der Waals surface area contributed by atoms with E-state index in [-0.39, 0.29) is 5.41 Å². The average Bonchev–Trinajstić information content (AvgIpc) is 2.38. The van der Waals surface area contributed by atoms with Gasteiger partial charge in [0, 0.05) is 17.6 Å². The average molecular weight is 283 g/mol. The Morgan fingerprint density at radius 1 is 1.42 bits per heavy atom. The number of hydrogen-bond acceptors (Lipinski definition) is 2. The van der Waals surface area contributed by atoms with Crippen molar-refractivity contribution in [1.29, 1.82) is 0 Å². The number of nitrogens with two attached hydrogens (primary N) is 1. The molecule has 0 amide bonds. The van der Waals surface area contributed by atoms with E-state index in [9.17, 15) is 0 Å². The second-order valence-corrected chi connectivity index (χ2v) is 6.35. The zero-order chi connectivity index (χ0) is 14.5. The van der Waals surface area contributed by atoms with Crippen LogP contribution in [0, 0.1) is 5.41 Å². The maximum absolute atomic E-state index is 6.07. The molecule has 1 rings (SSSR count). The van der Waals surface area contributed by atoms with Crippen molar-refractivity contribution in [3.8, 4) is 0 Å². The fourth-order valence-electron chi connectivity index (χ4n) is 2.61. The van der Waals surface area contributed by atoms with Crippen molar-refractivity contribution in [2.75, 3.05) is 20.1 Å². The van der Waals surface area contributed by atoms with Crippen LogP contribution in [0.4, 0.5) is 0 Å². The molecule has 2 N–H and O–H groups in total. The van der Waals surface area contributed by atoms with Crippen LogP contribution in [0.1, 0.15) is 45.2 Å². The van der Waals surface area contributed by atoms with E-state index < -0.39 is 0 Å². The van der Waals surface area contributed by atoms with Gasteiger partial charge < -0.3 is 5.73 Å². The van der Waals surface area contributed by atoms with Crippen LogP contribution in [0.5, 0.6) is 0 Å². The van der Waals surface area contributed by atoms with E-state index in [0.717, 1.165) is 24.5 Å². The van der Waals surface area contributed by atoms with Crippen LogP contribution in [-0.4, -0.2) is 25.0 Å². The number of halogens is 1. The van der Waals surface area contributed by atoms with E-state index in [4.69, 9.17) is 17.3 Å². The molecule has 0 spiro atoms. The van der Waals surface area contributed by atoms with Crippen LogP contribution < -0.4 is 5.73 Å². The van der Waals surface area contributed by atoms with E-state index in [1.165, 1.54) is 12.0 Å². The third-order valence-electron chi connectivity index (χ3n) is 3.97. The summed E-state index contributed by atoms with van der Waals surface area (Å²) in [6.07, 6.45) is 2.34. The molecule has 2 atom stereocenters. The third kappa shape index (κ3) is 4.79. The summed E-state index contributed by atoms with van der Waals surface area (Å²) in [5.41, 5.74) is 7.40. The van der Waals surface area contributed by atoms with Gasteiger partial charge in [0.2, 0.25) is 0 Å². The van der Waals surface area contributed by atoms with Gasteiger partial charge in [0.25, 0.3) is 0 Å². The van der Waals surface area contributed by atoms with E-state index in [0.29, 0.717) is 6.04 Å². The molecule has 0 saturated carbocycles. The van der Waals surface area contributed by atoms with Crippen LogP contribution in [0.2, 0.25) is 5.02 Å². The Hall–Kier alpha value is -0.570. The van der Waals surface area contributed by atoms with Gasteiger partial charge in [-0.15, -0.1) is 0 Å². The van der Waals surface area contributed by atoms with Gasteiger partial charge in [-0.1, -0.05) is 44.0 Å². The van der Waals surface area contributed by atoms with Gasteiger partial charge >= 0.3 is 0 Å². The van der Waals surface area contributed by atoms with E-state index in [2.05, 4.69) is 38.8 Å². The molecule has 1 aromatic carbocycles. The van der Waals surface area contributed by atoms with E-state index in [1.54, 1.807) is 0 Å². The molecule has 2 nitrogen and oxygen atoms in total. The summed E-state index contributed by atoms with van der Waals surface area (Å²) in [4.78, 5) is 2.37. The Balaban J connectivity index is 2.74. The lowest BCUT2D eigenvalue weighted by Gasteiger charge is -2.36. The third-order valence-corrected chi connectivity index (χ3v) is 4.20. The van der Waals surface area contributed by atoms with E-state index in [1.807, 2.05) is 18.2 Å². The largest absolute Gasteiger partial charge is 0.330 e. The summed E-state index contributed by atoms with van der Waals surface area (Å²) < 4.78 is 0. The molecule has 1 aromatic rings. The molecule has 0 bridgehead atoms. The van der Waals surface area contributed by atoms with Crippen LogP contribution in [-0.2, 0) is 0 Å². The lowest BCUT2D eigenvalue weighted by Crippen LogP contribution is -2.40. The molecule has 19 heavy (non-hydrogen) atoms. The lowest BCUT2D eigenvalue weighted by atomic mass is 9.84. The molecule has 0 aliphatic heterocycles. The first-order chi connectivity index (χ1) is 8.91. The number of nitrogens with zero attached hydrogens (tertiary/aromatic N) is 1. The highest BCUT2D eigenvalue weighted by Gasteiger charge is 2.25. The summed E-state index contributed by atoms with van der Waals surface area (Å²) in [6.45, 7) is 8.44.